The molecule has 0 fully saturated rings. The molecule has 3 nitrogen and oxygen atoms in total. The average Bonchev–Trinajstić information content (AvgIpc) is 2.39. The van der Waals surface area contributed by atoms with Crippen LogP contribution in [0, 0.1) is 5.82 Å². The molecule has 0 saturated heterocycles. The molecule has 0 aliphatic carbocycles. The SMILES string of the molecule is C=CC(=O)NCC(OC)c1ccc(F)c(C(F)(F)F)c1. The van der Waals surface area contributed by atoms with E-state index in [1.165, 1.54) is 13.2 Å². The molecule has 0 aliphatic heterocycles. The summed E-state index contributed by atoms with van der Waals surface area (Å²) < 4.78 is 56.0. The molecule has 0 radical (unpaired) electrons. The predicted octanol–water partition coefficient (Wildman–Crippen LogP) is 2.83. The second kappa shape index (κ2) is 6.51. The number of benzene rings is 1. The zero-order chi connectivity index (χ0) is 15.3. The van der Waals surface area contributed by atoms with E-state index in [4.69, 9.17) is 4.74 Å². The first-order chi connectivity index (χ1) is 9.29. The number of nitrogens with one attached hydrogen (secondary N) is 1. The Bertz CT molecular complexity index is 500. The van der Waals surface area contributed by atoms with Gasteiger partial charge in [-0.2, -0.15) is 13.2 Å². The molecule has 1 rings (SSSR count). The van der Waals surface area contributed by atoms with Crippen molar-refractivity contribution in [3.8, 4) is 0 Å². The van der Waals surface area contributed by atoms with Gasteiger partial charge >= 0.3 is 6.18 Å². The molecule has 0 spiro atoms. The maximum atomic E-state index is 13.2. The predicted molar refractivity (Wildman–Crippen MR) is 64.4 cm³/mol. The highest BCUT2D eigenvalue weighted by molar-refractivity contribution is 5.86. The van der Waals surface area contributed by atoms with Crippen molar-refractivity contribution in [1.82, 2.24) is 5.32 Å². The number of amides is 1. The molecule has 0 saturated carbocycles. The van der Waals surface area contributed by atoms with Gasteiger partial charge in [0.25, 0.3) is 0 Å². The number of halogens is 4. The van der Waals surface area contributed by atoms with Gasteiger partial charge < -0.3 is 10.1 Å². The average molecular weight is 291 g/mol. The minimum atomic E-state index is -4.79. The van der Waals surface area contributed by atoms with Crippen molar-refractivity contribution in [1.29, 1.82) is 0 Å². The number of ether oxygens (including phenoxy) is 1. The molecule has 1 unspecified atom stereocenters. The molecule has 0 bridgehead atoms. The highest BCUT2D eigenvalue weighted by Gasteiger charge is 2.34. The van der Waals surface area contributed by atoms with Crippen LogP contribution in [-0.2, 0) is 15.7 Å². The molecule has 1 N–H and O–H groups in total. The van der Waals surface area contributed by atoms with Crippen LogP contribution in [0.25, 0.3) is 0 Å². The lowest BCUT2D eigenvalue weighted by atomic mass is 10.0. The third-order valence-corrected chi connectivity index (χ3v) is 2.60. The van der Waals surface area contributed by atoms with Crippen LogP contribution >= 0.6 is 0 Å². The molecule has 0 heterocycles. The lowest BCUT2D eigenvalue weighted by molar-refractivity contribution is -0.140. The van der Waals surface area contributed by atoms with Crippen LogP contribution in [0.1, 0.15) is 17.2 Å². The van der Waals surface area contributed by atoms with Crippen molar-refractivity contribution in [2.75, 3.05) is 13.7 Å². The fourth-order valence-electron chi connectivity index (χ4n) is 1.56. The highest BCUT2D eigenvalue weighted by atomic mass is 19.4. The van der Waals surface area contributed by atoms with E-state index in [-0.39, 0.29) is 12.1 Å². The normalized spacial score (nSPS) is 12.8. The molecule has 7 heteroatoms. The van der Waals surface area contributed by atoms with Crippen LogP contribution in [0.3, 0.4) is 0 Å². The summed E-state index contributed by atoms with van der Waals surface area (Å²) in [5.74, 6) is -1.84. The van der Waals surface area contributed by atoms with E-state index in [9.17, 15) is 22.4 Å². The van der Waals surface area contributed by atoms with Gasteiger partial charge in [-0.05, 0) is 23.8 Å². The van der Waals surface area contributed by atoms with Gasteiger partial charge in [0.05, 0.1) is 11.7 Å². The minimum absolute atomic E-state index is 0.0513. The third-order valence-electron chi connectivity index (χ3n) is 2.60. The quantitative estimate of drug-likeness (QED) is 0.669. The number of alkyl halides is 3. The molecule has 110 valence electrons. The van der Waals surface area contributed by atoms with Crippen LogP contribution in [0.15, 0.2) is 30.9 Å². The Hall–Kier alpha value is -1.89. The monoisotopic (exact) mass is 291 g/mol. The van der Waals surface area contributed by atoms with E-state index in [0.717, 1.165) is 12.1 Å². The van der Waals surface area contributed by atoms with E-state index in [1.807, 2.05) is 0 Å². The zero-order valence-corrected chi connectivity index (χ0v) is 10.6. The van der Waals surface area contributed by atoms with Crippen LogP contribution in [0.4, 0.5) is 17.6 Å². The van der Waals surface area contributed by atoms with Gasteiger partial charge in [-0.1, -0.05) is 12.6 Å². The van der Waals surface area contributed by atoms with Crippen LogP contribution < -0.4 is 5.32 Å². The molecule has 1 aromatic rings. The Balaban J connectivity index is 2.99. The lowest BCUT2D eigenvalue weighted by Crippen LogP contribution is -2.27. The number of hydrogen-bond acceptors (Lipinski definition) is 2. The van der Waals surface area contributed by atoms with Crippen molar-refractivity contribution in [2.45, 2.75) is 12.3 Å². The largest absolute Gasteiger partial charge is 0.419 e. The summed E-state index contributed by atoms with van der Waals surface area (Å²) in [6, 6.07) is 2.57. The molecule has 0 aliphatic rings. The number of hydrogen-bond donors (Lipinski definition) is 1. The van der Waals surface area contributed by atoms with Gasteiger partial charge in [0.1, 0.15) is 5.82 Å². The zero-order valence-electron chi connectivity index (χ0n) is 10.6. The maximum absolute atomic E-state index is 13.2. The van der Waals surface area contributed by atoms with Gasteiger partial charge in [-0.25, -0.2) is 4.39 Å². The topological polar surface area (TPSA) is 38.3 Å². The summed E-state index contributed by atoms with van der Waals surface area (Å²) in [5.41, 5.74) is -1.25. The van der Waals surface area contributed by atoms with Gasteiger partial charge in [0, 0.05) is 13.7 Å². The van der Waals surface area contributed by atoms with Crippen molar-refractivity contribution in [3.63, 3.8) is 0 Å². The van der Waals surface area contributed by atoms with E-state index >= 15 is 0 Å². The number of methoxy groups -OCH3 is 1. The Labute approximate surface area is 113 Å². The van der Waals surface area contributed by atoms with Gasteiger partial charge in [0.15, 0.2) is 0 Å². The van der Waals surface area contributed by atoms with Crippen molar-refractivity contribution in [2.24, 2.45) is 0 Å². The Morgan fingerprint density at radius 2 is 2.15 bits per heavy atom. The molecule has 20 heavy (non-hydrogen) atoms. The van der Waals surface area contributed by atoms with E-state index in [1.54, 1.807) is 0 Å². The van der Waals surface area contributed by atoms with Crippen LogP contribution in [0.2, 0.25) is 0 Å². The smallest absolute Gasteiger partial charge is 0.375 e. The molecular formula is C13H13F4NO2. The molecule has 1 atom stereocenters. The summed E-state index contributed by atoms with van der Waals surface area (Å²) in [6.45, 7) is 3.19. The molecule has 0 aromatic heterocycles. The fourth-order valence-corrected chi connectivity index (χ4v) is 1.56. The Morgan fingerprint density at radius 3 is 2.65 bits per heavy atom. The first-order valence-corrected chi connectivity index (χ1v) is 5.59. The van der Waals surface area contributed by atoms with Crippen LogP contribution in [-0.4, -0.2) is 19.6 Å². The third kappa shape index (κ3) is 4.06. The number of carbonyl (C=O) groups excluding carboxylic acids is 1. The Morgan fingerprint density at radius 1 is 1.50 bits per heavy atom. The maximum Gasteiger partial charge on any atom is 0.419 e. The summed E-state index contributed by atoms with van der Waals surface area (Å²) in [5, 5.41) is 2.40. The van der Waals surface area contributed by atoms with Crippen molar-refractivity contribution < 1.29 is 27.1 Å². The second-order valence-corrected chi connectivity index (χ2v) is 3.91. The first-order valence-electron chi connectivity index (χ1n) is 5.59. The van der Waals surface area contributed by atoms with Crippen LogP contribution in [0.5, 0.6) is 0 Å². The minimum Gasteiger partial charge on any atom is -0.375 e. The summed E-state index contributed by atoms with van der Waals surface area (Å²) >= 11 is 0. The first kappa shape index (κ1) is 16.2. The molecule has 1 amide bonds. The molecular weight excluding hydrogens is 278 g/mol. The number of carbonyl (C=O) groups is 1. The van der Waals surface area contributed by atoms with Crippen molar-refractivity contribution in [3.05, 3.63) is 47.8 Å². The fraction of sp³-hybridized carbons (Fsp3) is 0.308. The van der Waals surface area contributed by atoms with Gasteiger partial charge in [0.2, 0.25) is 5.91 Å². The summed E-state index contributed by atoms with van der Waals surface area (Å²) in [4.78, 5) is 11.0. The summed E-state index contributed by atoms with van der Waals surface area (Å²) in [6.07, 6.45) is -4.58. The van der Waals surface area contributed by atoms with E-state index < -0.39 is 29.6 Å². The van der Waals surface area contributed by atoms with E-state index in [2.05, 4.69) is 11.9 Å². The standard InChI is InChI=1S/C13H13F4NO2/c1-3-12(19)18-7-11(20-2)8-4-5-10(14)9(6-8)13(15,16)17/h3-6,11H,1,7H2,2H3,(H,18,19). The Kier molecular flexibility index (Phi) is 5.26. The van der Waals surface area contributed by atoms with Gasteiger partial charge in [-0.3, -0.25) is 4.79 Å². The molecule has 1 aromatic carbocycles. The highest BCUT2D eigenvalue weighted by Crippen LogP contribution is 2.33. The lowest BCUT2D eigenvalue weighted by Gasteiger charge is -2.18. The van der Waals surface area contributed by atoms with Crippen molar-refractivity contribution >= 4 is 5.91 Å². The second-order valence-electron chi connectivity index (χ2n) is 3.91. The van der Waals surface area contributed by atoms with E-state index in [0.29, 0.717) is 6.07 Å². The summed E-state index contributed by atoms with van der Waals surface area (Å²) in [7, 11) is 1.28. The van der Waals surface area contributed by atoms with Gasteiger partial charge in [-0.15, -0.1) is 0 Å². The number of rotatable bonds is 5.